The maximum absolute atomic E-state index is 16.6. The molecule has 4 nitrogen and oxygen atoms in total. The Balaban J connectivity index is 0.00000325. The van der Waals surface area contributed by atoms with Gasteiger partial charge in [-0.3, -0.25) is 4.98 Å². The van der Waals surface area contributed by atoms with Crippen molar-refractivity contribution in [1.82, 2.24) is 18.9 Å². The molecule has 1 atom stereocenters. The molecule has 0 N–H and O–H groups in total. The Morgan fingerprint density at radius 1 is 0.673 bits per heavy atom. The molecule has 0 amide bonds. The quantitative estimate of drug-likeness (QED) is 0.103. The van der Waals surface area contributed by atoms with Crippen molar-refractivity contribution in [3.63, 3.8) is 0 Å². The maximum atomic E-state index is 16.6. The van der Waals surface area contributed by atoms with E-state index in [9.17, 15) is 0 Å². The summed E-state index contributed by atoms with van der Waals surface area (Å²) in [6.07, 6.45) is 4.10. The Morgan fingerprint density at radius 2 is 1.47 bits per heavy atom. The third-order valence-corrected chi connectivity index (χ3v) is 11.1. The van der Waals surface area contributed by atoms with Crippen molar-refractivity contribution in [3.05, 3.63) is 156 Å². The minimum Gasteiger partial charge on any atom is -0.340 e. The van der Waals surface area contributed by atoms with Crippen LogP contribution in [0.25, 0.3) is 54.9 Å². The van der Waals surface area contributed by atoms with Gasteiger partial charge in [0.15, 0.2) is 0 Å². The van der Waals surface area contributed by atoms with Gasteiger partial charge in [0.2, 0.25) is 0 Å². The second-order valence-corrected chi connectivity index (χ2v) is 14.1. The van der Waals surface area contributed by atoms with Crippen LogP contribution in [0.15, 0.2) is 132 Å². The van der Waals surface area contributed by atoms with Crippen LogP contribution in [0.4, 0.5) is 4.39 Å². The standard InChI is InChI=1S/C42H27FN4S.Pd/c1-42(2)33-13-4-6-15-37(33)48-38-23-31-30-12-8-18-44-41(30)47(36(31)24-34(38)42)27-10-7-9-25(21-27)39(43)26-16-17-28-29-11-3-5-14-35(29)46-20-19-45-40(46)32(28)22-26;/h3-20,23-24,39H,1-2H3;/q-2;+2. The van der Waals surface area contributed by atoms with Crippen molar-refractivity contribution in [1.29, 1.82) is 0 Å². The van der Waals surface area contributed by atoms with E-state index in [0.29, 0.717) is 11.1 Å². The molecule has 0 saturated heterocycles. The Hall–Kier alpha value is -4.80. The van der Waals surface area contributed by atoms with Gasteiger partial charge in [-0.15, -0.1) is 29.8 Å². The summed E-state index contributed by atoms with van der Waals surface area (Å²) in [6.45, 7) is 4.59. The van der Waals surface area contributed by atoms with Gasteiger partial charge in [0, 0.05) is 50.1 Å². The largest absolute Gasteiger partial charge is 2.00 e. The molecule has 0 spiro atoms. The van der Waals surface area contributed by atoms with Crippen LogP contribution >= 0.6 is 11.8 Å². The van der Waals surface area contributed by atoms with Gasteiger partial charge in [0.25, 0.3) is 0 Å². The van der Waals surface area contributed by atoms with E-state index in [1.54, 1.807) is 12.3 Å². The average molecular weight is 745 g/mol. The van der Waals surface area contributed by atoms with Crippen LogP contribution in [0.3, 0.4) is 0 Å². The number of alkyl halides is 1. The summed E-state index contributed by atoms with van der Waals surface area (Å²) in [4.78, 5) is 12.0. The van der Waals surface area contributed by atoms with Crippen molar-refractivity contribution in [2.45, 2.75) is 35.2 Å². The van der Waals surface area contributed by atoms with Gasteiger partial charge >= 0.3 is 20.4 Å². The summed E-state index contributed by atoms with van der Waals surface area (Å²) >= 11 is 1.82. The Morgan fingerprint density at radius 3 is 2.39 bits per heavy atom. The van der Waals surface area contributed by atoms with E-state index >= 15 is 4.39 Å². The molecule has 1 aliphatic heterocycles. The number of halogens is 1. The van der Waals surface area contributed by atoms with Crippen LogP contribution < -0.4 is 0 Å². The topological polar surface area (TPSA) is 35.1 Å². The molecule has 0 bridgehead atoms. The molecule has 9 aromatic rings. The molecule has 5 heterocycles. The molecule has 0 radical (unpaired) electrons. The maximum Gasteiger partial charge on any atom is 2.00 e. The van der Waals surface area contributed by atoms with Crippen molar-refractivity contribution in [3.8, 4) is 5.69 Å². The SMILES string of the molecule is CC1(C)c2ccccc2Sc2cc3c4cccnc4n(-c4[c-]c(C(F)c5[c-]c6c(cc5)c5ccccc5n5ccnc65)ccc4)c3cc21.[Pd+2]. The van der Waals surface area contributed by atoms with Gasteiger partial charge < -0.3 is 8.97 Å². The number of benzene rings is 5. The number of imidazole rings is 1. The van der Waals surface area contributed by atoms with E-state index in [-0.39, 0.29) is 25.8 Å². The molecule has 49 heavy (non-hydrogen) atoms. The van der Waals surface area contributed by atoms with Gasteiger partial charge in [-0.25, -0.2) is 9.37 Å². The zero-order valence-corrected chi connectivity index (χ0v) is 28.9. The summed E-state index contributed by atoms with van der Waals surface area (Å²) in [6, 6.07) is 42.0. The first kappa shape index (κ1) is 30.3. The molecule has 0 fully saturated rings. The first-order valence-corrected chi connectivity index (χ1v) is 16.9. The summed E-state index contributed by atoms with van der Waals surface area (Å²) in [5.74, 6) is 0. The second kappa shape index (κ2) is 11.1. The number of rotatable bonds is 3. The fourth-order valence-electron chi connectivity index (χ4n) is 7.59. The molecule has 1 unspecified atom stereocenters. The number of fused-ring (bicyclic) bond motifs is 11. The fraction of sp³-hybridized carbons (Fsp3) is 0.0952. The summed E-state index contributed by atoms with van der Waals surface area (Å²) in [5, 5.41) is 5.06. The zero-order chi connectivity index (χ0) is 32.1. The molecule has 0 aliphatic carbocycles. The number of aromatic nitrogens is 4. The monoisotopic (exact) mass is 744 g/mol. The van der Waals surface area contributed by atoms with Crippen LogP contribution in [0.1, 0.15) is 42.3 Å². The van der Waals surface area contributed by atoms with Crippen LogP contribution in [-0.2, 0) is 25.8 Å². The zero-order valence-electron chi connectivity index (χ0n) is 26.5. The molecule has 0 saturated carbocycles. The normalized spacial score (nSPS) is 14.3. The number of pyridine rings is 2. The van der Waals surface area contributed by atoms with E-state index < -0.39 is 6.17 Å². The van der Waals surface area contributed by atoms with E-state index in [2.05, 4.69) is 90.1 Å². The van der Waals surface area contributed by atoms with Crippen LogP contribution in [-0.4, -0.2) is 18.9 Å². The summed E-state index contributed by atoms with van der Waals surface area (Å²) < 4.78 is 20.8. The minimum absolute atomic E-state index is 0. The fourth-order valence-corrected chi connectivity index (χ4v) is 9.01. The number of para-hydroxylation sites is 1. The van der Waals surface area contributed by atoms with E-state index in [1.807, 2.05) is 71.0 Å². The summed E-state index contributed by atoms with van der Waals surface area (Å²) in [7, 11) is 0. The van der Waals surface area contributed by atoms with Crippen LogP contribution in [0, 0.1) is 12.1 Å². The first-order valence-electron chi connectivity index (χ1n) is 16.0. The smallest absolute Gasteiger partial charge is 0.340 e. The molecule has 238 valence electrons. The second-order valence-electron chi connectivity index (χ2n) is 13.0. The number of hydrogen-bond acceptors (Lipinski definition) is 3. The molecule has 5 aromatic carbocycles. The van der Waals surface area contributed by atoms with Gasteiger partial charge in [-0.05, 0) is 52.9 Å². The van der Waals surface area contributed by atoms with Crippen molar-refractivity contribution in [2.75, 3.05) is 0 Å². The predicted octanol–water partition coefficient (Wildman–Crippen LogP) is 10.6. The van der Waals surface area contributed by atoms with Gasteiger partial charge in [-0.2, -0.15) is 18.2 Å². The van der Waals surface area contributed by atoms with Gasteiger partial charge in [0.1, 0.15) is 11.8 Å². The predicted molar refractivity (Wildman–Crippen MR) is 192 cm³/mol. The Kier molecular flexibility index (Phi) is 6.87. The number of nitrogens with zero attached hydrogens (tertiary/aromatic N) is 4. The van der Waals surface area contributed by atoms with Crippen molar-refractivity contribution in [2.24, 2.45) is 0 Å². The van der Waals surface area contributed by atoms with E-state index in [1.165, 1.54) is 20.9 Å². The van der Waals surface area contributed by atoms with Crippen molar-refractivity contribution >= 4 is 61.0 Å². The first-order chi connectivity index (χ1) is 23.5. The molecule has 4 aromatic heterocycles. The molecule has 1 aliphatic rings. The van der Waals surface area contributed by atoms with Gasteiger partial charge in [-0.1, -0.05) is 84.0 Å². The Bertz CT molecular complexity index is 2780. The van der Waals surface area contributed by atoms with Crippen LogP contribution in [0.2, 0.25) is 0 Å². The van der Waals surface area contributed by atoms with Crippen LogP contribution in [0.5, 0.6) is 0 Å². The molecule has 10 rings (SSSR count). The van der Waals surface area contributed by atoms with E-state index in [4.69, 9.17) is 4.98 Å². The third-order valence-electron chi connectivity index (χ3n) is 9.96. The van der Waals surface area contributed by atoms with E-state index in [0.717, 1.165) is 54.9 Å². The summed E-state index contributed by atoms with van der Waals surface area (Å²) in [5.41, 5.74) is 7.72. The average Bonchev–Trinajstić information content (AvgIpc) is 3.75. The minimum atomic E-state index is -1.43. The molecular weight excluding hydrogens is 718 g/mol. The number of hydrogen-bond donors (Lipinski definition) is 0. The molecule has 7 heteroatoms. The molecular formula is C42H27FN4PdS. The van der Waals surface area contributed by atoms with Gasteiger partial charge in [0.05, 0.1) is 11.2 Å². The van der Waals surface area contributed by atoms with Crippen molar-refractivity contribution < 1.29 is 24.8 Å². The third kappa shape index (κ3) is 4.39. The Labute approximate surface area is 300 Å².